The van der Waals surface area contributed by atoms with E-state index in [9.17, 15) is 18.0 Å². The van der Waals surface area contributed by atoms with Crippen LogP contribution in [0.1, 0.15) is 35.8 Å². The van der Waals surface area contributed by atoms with Crippen molar-refractivity contribution >= 4 is 5.78 Å². The lowest BCUT2D eigenvalue weighted by Gasteiger charge is -2.06. The lowest BCUT2D eigenvalue weighted by atomic mass is 10.1. The molecule has 0 unspecified atom stereocenters. The summed E-state index contributed by atoms with van der Waals surface area (Å²) < 4.78 is 36.8. The van der Waals surface area contributed by atoms with Crippen LogP contribution in [0, 0.1) is 0 Å². The molecule has 15 heavy (non-hydrogen) atoms. The average Bonchev–Trinajstić information content (AvgIpc) is 2.17. The third kappa shape index (κ3) is 3.04. The van der Waals surface area contributed by atoms with Gasteiger partial charge in [0, 0.05) is 12.6 Å². The van der Waals surface area contributed by atoms with Gasteiger partial charge < -0.3 is 0 Å². The minimum Gasteiger partial charge on any atom is -0.292 e. The van der Waals surface area contributed by atoms with Gasteiger partial charge in [0.2, 0.25) is 0 Å². The molecule has 1 aromatic heterocycles. The molecule has 0 atom stereocenters. The summed E-state index contributed by atoms with van der Waals surface area (Å²) in [5.74, 6) is -0.358. The average molecular weight is 217 g/mol. The molecule has 0 aliphatic rings. The van der Waals surface area contributed by atoms with Gasteiger partial charge in [-0.3, -0.25) is 9.78 Å². The SMILES string of the molecule is CCCC(=O)c1cc(C(F)(F)F)ccn1. The standard InChI is InChI=1S/C10H10F3NO/c1-2-3-9(15)8-6-7(4-5-14-8)10(11,12)13/h4-6H,2-3H2,1H3. The number of pyridine rings is 1. The van der Waals surface area contributed by atoms with E-state index in [0.29, 0.717) is 6.42 Å². The third-order valence-corrected chi connectivity index (χ3v) is 1.85. The predicted octanol–water partition coefficient (Wildman–Crippen LogP) is 3.08. The fourth-order valence-electron chi connectivity index (χ4n) is 1.11. The minimum absolute atomic E-state index is 0.119. The van der Waals surface area contributed by atoms with Gasteiger partial charge in [0.1, 0.15) is 5.69 Å². The largest absolute Gasteiger partial charge is 0.416 e. The molecule has 0 aliphatic heterocycles. The fourth-order valence-corrected chi connectivity index (χ4v) is 1.11. The molecule has 1 heterocycles. The van der Waals surface area contributed by atoms with E-state index in [-0.39, 0.29) is 17.9 Å². The Balaban J connectivity index is 2.98. The number of Topliss-reactive ketones (excluding diaryl/α,β-unsaturated/α-hetero) is 1. The van der Waals surface area contributed by atoms with Crippen LogP contribution in [0.4, 0.5) is 13.2 Å². The number of carbonyl (C=O) groups is 1. The number of nitrogens with zero attached hydrogens (tertiary/aromatic N) is 1. The zero-order valence-electron chi connectivity index (χ0n) is 8.14. The van der Waals surface area contributed by atoms with Crippen molar-refractivity contribution in [1.29, 1.82) is 0 Å². The summed E-state index contributed by atoms with van der Waals surface area (Å²) >= 11 is 0. The van der Waals surface area contributed by atoms with Gasteiger partial charge >= 0.3 is 6.18 Å². The van der Waals surface area contributed by atoms with Crippen molar-refractivity contribution < 1.29 is 18.0 Å². The van der Waals surface area contributed by atoms with Crippen molar-refractivity contribution in [3.8, 4) is 0 Å². The normalized spacial score (nSPS) is 11.5. The summed E-state index contributed by atoms with van der Waals surface area (Å²) in [6.45, 7) is 1.78. The van der Waals surface area contributed by atoms with E-state index in [1.807, 2.05) is 0 Å². The number of aromatic nitrogens is 1. The number of rotatable bonds is 3. The highest BCUT2D eigenvalue weighted by Crippen LogP contribution is 2.29. The molecule has 0 amide bonds. The second-order valence-corrected chi connectivity index (χ2v) is 3.10. The first kappa shape index (κ1) is 11.7. The van der Waals surface area contributed by atoms with Crippen molar-refractivity contribution in [3.63, 3.8) is 0 Å². The molecule has 0 radical (unpaired) electrons. The van der Waals surface area contributed by atoms with Crippen LogP contribution in [-0.2, 0) is 6.18 Å². The number of alkyl halides is 3. The van der Waals surface area contributed by atoms with Crippen LogP contribution in [0.2, 0.25) is 0 Å². The van der Waals surface area contributed by atoms with Gasteiger partial charge in [0.05, 0.1) is 5.56 Å². The van der Waals surface area contributed by atoms with Crippen LogP contribution in [0.5, 0.6) is 0 Å². The predicted molar refractivity (Wildman–Crippen MR) is 48.5 cm³/mol. The molecule has 0 spiro atoms. The summed E-state index contributed by atoms with van der Waals surface area (Å²) in [7, 11) is 0. The molecule has 0 aliphatic carbocycles. The first-order chi connectivity index (χ1) is 6.95. The first-order valence-corrected chi connectivity index (χ1v) is 4.51. The number of hydrogen-bond donors (Lipinski definition) is 0. The summed E-state index contributed by atoms with van der Waals surface area (Å²) in [4.78, 5) is 14.9. The Labute approximate surface area is 85.1 Å². The number of carbonyl (C=O) groups excluding carboxylic acids is 1. The van der Waals surface area contributed by atoms with Crippen molar-refractivity contribution in [3.05, 3.63) is 29.6 Å². The number of halogens is 3. The van der Waals surface area contributed by atoms with Crippen LogP contribution >= 0.6 is 0 Å². The summed E-state index contributed by atoms with van der Waals surface area (Å²) in [5.41, 5.74) is -0.955. The van der Waals surface area contributed by atoms with Gasteiger partial charge in [-0.2, -0.15) is 13.2 Å². The second-order valence-electron chi connectivity index (χ2n) is 3.10. The van der Waals surface area contributed by atoms with Crippen LogP contribution < -0.4 is 0 Å². The topological polar surface area (TPSA) is 30.0 Å². The van der Waals surface area contributed by atoms with Crippen LogP contribution in [0.25, 0.3) is 0 Å². The number of ketones is 1. The zero-order valence-corrected chi connectivity index (χ0v) is 8.14. The Morgan fingerprint density at radius 2 is 2.13 bits per heavy atom. The molecular formula is C10H10F3NO. The lowest BCUT2D eigenvalue weighted by molar-refractivity contribution is -0.137. The van der Waals surface area contributed by atoms with Gasteiger partial charge in [-0.05, 0) is 18.6 Å². The molecule has 2 nitrogen and oxygen atoms in total. The van der Waals surface area contributed by atoms with E-state index in [0.717, 1.165) is 18.3 Å². The molecule has 0 aromatic carbocycles. The molecular weight excluding hydrogens is 207 g/mol. The van der Waals surface area contributed by atoms with Crippen molar-refractivity contribution in [2.75, 3.05) is 0 Å². The quantitative estimate of drug-likeness (QED) is 0.728. The Morgan fingerprint density at radius 3 is 2.67 bits per heavy atom. The smallest absolute Gasteiger partial charge is 0.292 e. The van der Waals surface area contributed by atoms with Gasteiger partial charge in [-0.25, -0.2) is 0 Å². The Kier molecular flexibility index (Phi) is 3.44. The third-order valence-electron chi connectivity index (χ3n) is 1.85. The maximum absolute atomic E-state index is 12.3. The minimum atomic E-state index is -4.43. The highest BCUT2D eigenvalue weighted by Gasteiger charge is 2.31. The van der Waals surface area contributed by atoms with Crippen molar-refractivity contribution in [1.82, 2.24) is 4.98 Å². The van der Waals surface area contributed by atoms with Crippen molar-refractivity contribution in [2.24, 2.45) is 0 Å². The molecule has 5 heteroatoms. The second kappa shape index (κ2) is 4.42. The van der Waals surface area contributed by atoms with Gasteiger partial charge in [-0.15, -0.1) is 0 Å². The molecule has 0 bridgehead atoms. The van der Waals surface area contributed by atoms with Gasteiger partial charge in [0.25, 0.3) is 0 Å². The van der Waals surface area contributed by atoms with Gasteiger partial charge in [0.15, 0.2) is 5.78 Å². The van der Waals surface area contributed by atoms with E-state index >= 15 is 0 Å². The Hall–Kier alpha value is -1.39. The maximum atomic E-state index is 12.3. The number of hydrogen-bond acceptors (Lipinski definition) is 2. The highest BCUT2D eigenvalue weighted by molar-refractivity contribution is 5.94. The molecule has 82 valence electrons. The van der Waals surface area contributed by atoms with Gasteiger partial charge in [-0.1, -0.05) is 6.92 Å². The molecule has 0 fully saturated rings. The van der Waals surface area contributed by atoms with E-state index < -0.39 is 11.7 Å². The van der Waals surface area contributed by atoms with E-state index in [1.54, 1.807) is 6.92 Å². The molecule has 0 N–H and O–H groups in total. The summed E-state index contributed by atoms with van der Waals surface area (Å²) in [6, 6.07) is 1.64. The first-order valence-electron chi connectivity index (χ1n) is 4.51. The van der Waals surface area contributed by atoms with E-state index in [1.165, 1.54) is 0 Å². The lowest BCUT2D eigenvalue weighted by Crippen LogP contribution is -2.09. The molecule has 1 rings (SSSR count). The molecule has 1 aromatic rings. The van der Waals surface area contributed by atoms with E-state index in [2.05, 4.69) is 4.98 Å². The molecule has 0 saturated carbocycles. The molecule has 0 saturated heterocycles. The zero-order chi connectivity index (χ0) is 11.5. The monoisotopic (exact) mass is 217 g/mol. The van der Waals surface area contributed by atoms with Crippen LogP contribution in [-0.4, -0.2) is 10.8 Å². The maximum Gasteiger partial charge on any atom is 0.416 e. The Morgan fingerprint density at radius 1 is 1.47 bits per heavy atom. The summed E-state index contributed by atoms with van der Waals surface area (Å²) in [5, 5.41) is 0. The van der Waals surface area contributed by atoms with Crippen LogP contribution in [0.3, 0.4) is 0 Å². The summed E-state index contributed by atoms with van der Waals surface area (Å²) in [6.07, 6.45) is -2.61. The van der Waals surface area contributed by atoms with E-state index in [4.69, 9.17) is 0 Å². The Bertz CT molecular complexity index is 360. The van der Waals surface area contributed by atoms with Crippen LogP contribution in [0.15, 0.2) is 18.3 Å². The van der Waals surface area contributed by atoms with Crippen molar-refractivity contribution in [2.45, 2.75) is 25.9 Å². The fraction of sp³-hybridized carbons (Fsp3) is 0.400. The highest BCUT2D eigenvalue weighted by atomic mass is 19.4.